The zero-order valence-corrected chi connectivity index (χ0v) is 18.5. The number of carbonyl (C=O) groups is 3. The lowest BCUT2D eigenvalue weighted by molar-refractivity contribution is -0.123. The van der Waals surface area contributed by atoms with Gasteiger partial charge in [0, 0.05) is 43.0 Å². The SMILES string of the molecule is CCc1ccc(C(=O)N2CCC(c3cc(C(=O)N4CCC[C@@H](C(N)=O)C4)on3)CC2)s1. The Bertz CT molecular complexity index is 960. The fraction of sp³-hybridized carbons (Fsp3) is 0.545. The molecule has 2 aromatic rings. The van der Waals surface area contributed by atoms with E-state index >= 15 is 0 Å². The highest BCUT2D eigenvalue weighted by Gasteiger charge is 2.31. The van der Waals surface area contributed by atoms with Gasteiger partial charge in [-0.05, 0) is 44.2 Å². The first-order chi connectivity index (χ1) is 15.0. The summed E-state index contributed by atoms with van der Waals surface area (Å²) < 4.78 is 5.35. The van der Waals surface area contributed by atoms with Gasteiger partial charge in [0.1, 0.15) is 0 Å². The maximum atomic E-state index is 12.8. The summed E-state index contributed by atoms with van der Waals surface area (Å²) in [6.45, 7) is 4.31. The molecule has 0 saturated carbocycles. The summed E-state index contributed by atoms with van der Waals surface area (Å²) in [5.74, 6) is -0.479. The van der Waals surface area contributed by atoms with Crippen LogP contribution in [0.25, 0.3) is 0 Å². The molecule has 31 heavy (non-hydrogen) atoms. The first kappa shape index (κ1) is 21.5. The van der Waals surface area contributed by atoms with Crippen LogP contribution in [-0.2, 0) is 11.2 Å². The average Bonchev–Trinajstić information content (AvgIpc) is 3.48. The van der Waals surface area contributed by atoms with E-state index in [2.05, 4.69) is 12.1 Å². The van der Waals surface area contributed by atoms with Gasteiger partial charge in [0.15, 0.2) is 0 Å². The van der Waals surface area contributed by atoms with E-state index in [0.29, 0.717) is 32.6 Å². The second-order valence-electron chi connectivity index (χ2n) is 8.29. The normalized spacial score (nSPS) is 20.1. The zero-order valence-electron chi connectivity index (χ0n) is 17.7. The van der Waals surface area contributed by atoms with E-state index < -0.39 is 0 Å². The fourth-order valence-electron chi connectivity index (χ4n) is 4.35. The molecule has 2 aliphatic heterocycles. The molecule has 0 aliphatic carbocycles. The summed E-state index contributed by atoms with van der Waals surface area (Å²) >= 11 is 1.56. The number of nitrogens with zero attached hydrogens (tertiary/aromatic N) is 3. The smallest absolute Gasteiger partial charge is 0.292 e. The van der Waals surface area contributed by atoms with Crippen molar-refractivity contribution in [1.29, 1.82) is 0 Å². The van der Waals surface area contributed by atoms with Gasteiger partial charge in [-0.2, -0.15) is 0 Å². The van der Waals surface area contributed by atoms with Gasteiger partial charge in [-0.25, -0.2) is 0 Å². The minimum absolute atomic E-state index is 0.0910. The number of carbonyl (C=O) groups excluding carboxylic acids is 3. The van der Waals surface area contributed by atoms with Gasteiger partial charge in [-0.15, -0.1) is 11.3 Å². The van der Waals surface area contributed by atoms with E-state index in [9.17, 15) is 14.4 Å². The Labute approximate surface area is 185 Å². The monoisotopic (exact) mass is 444 g/mol. The van der Waals surface area contributed by atoms with Gasteiger partial charge in [0.2, 0.25) is 11.7 Å². The summed E-state index contributed by atoms with van der Waals surface area (Å²) in [5, 5.41) is 4.14. The number of thiophene rings is 1. The standard InChI is InChI=1S/C22H28N4O4S/c1-2-16-5-6-19(31-16)22(29)25-10-7-14(8-11-25)17-12-18(30-24-17)21(28)26-9-3-4-15(13-26)20(23)27/h5-6,12,14-15H,2-4,7-11,13H2,1H3,(H2,23,27)/t15-/m1/s1. The van der Waals surface area contributed by atoms with Gasteiger partial charge in [-0.1, -0.05) is 12.1 Å². The van der Waals surface area contributed by atoms with Crippen LogP contribution < -0.4 is 5.73 Å². The maximum Gasteiger partial charge on any atom is 0.292 e. The van der Waals surface area contributed by atoms with E-state index in [1.807, 2.05) is 17.0 Å². The summed E-state index contributed by atoms with van der Waals surface area (Å²) in [4.78, 5) is 42.5. The number of hydrogen-bond acceptors (Lipinski definition) is 6. The molecule has 9 heteroatoms. The molecule has 2 aromatic heterocycles. The van der Waals surface area contributed by atoms with Crippen LogP contribution in [0.3, 0.4) is 0 Å². The lowest BCUT2D eigenvalue weighted by atomic mass is 9.93. The molecule has 0 aromatic carbocycles. The summed E-state index contributed by atoms with van der Waals surface area (Å²) in [5.41, 5.74) is 6.16. The number of rotatable bonds is 5. The van der Waals surface area contributed by atoms with Crippen LogP contribution in [0.5, 0.6) is 0 Å². The number of amides is 3. The molecule has 8 nitrogen and oxygen atoms in total. The molecule has 4 heterocycles. The molecule has 4 rings (SSSR count). The molecule has 166 valence electrons. The van der Waals surface area contributed by atoms with Gasteiger partial charge in [0.05, 0.1) is 16.5 Å². The van der Waals surface area contributed by atoms with Gasteiger partial charge < -0.3 is 20.1 Å². The lowest BCUT2D eigenvalue weighted by Crippen LogP contribution is -2.44. The largest absolute Gasteiger partial charge is 0.369 e. The van der Waals surface area contributed by atoms with Crippen LogP contribution in [0.4, 0.5) is 0 Å². The minimum atomic E-state index is -0.370. The first-order valence-electron chi connectivity index (χ1n) is 10.9. The third-order valence-electron chi connectivity index (χ3n) is 6.27. The predicted molar refractivity (Wildman–Crippen MR) is 116 cm³/mol. The Balaban J connectivity index is 1.34. The number of likely N-dealkylation sites (tertiary alicyclic amines) is 2. The van der Waals surface area contributed by atoms with Crippen molar-refractivity contribution in [3.63, 3.8) is 0 Å². The van der Waals surface area contributed by atoms with E-state index in [1.165, 1.54) is 4.88 Å². The van der Waals surface area contributed by atoms with Crippen LogP contribution in [0, 0.1) is 5.92 Å². The second kappa shape index (κ2) is 9.21. The summed E-state index contributed by atoms with van der Waals surface area (Å²) in [6, 6.07) is 5.65. The zero-order chi connectivity index (χ0) is 22.0. The van der Waals surface area contributed by atoms with Gasteiger partial charge >= 0.3 is 0 Å². The van der Waals surface area contributed by atoms with Crippen LogP contribution in [0.2, 0.25) is 0 Å². The van der Waals surface area contributed by atoms with Crippen molar-refractivity contribution >= 4 is 29.1 Å². The van der Waals surface area contributed by atoms with Crippen molar-refractivity contribution in [1.82, 2.24) is 15.0 Å². The highest BCUT2D eigenvalue weighted by molar-refractivity contribution is 7.14. The first-order valence-corrected chi connectivity index (χ1v) is 11.7. The Hall–Kier alpha value is -2.68. The van der Waals surface area contributed by atoms with E-state index in [0.717, 1.165) is 36.3 Å². The number of primary amides is 1. The van der Waals surface area contributed by atoms with Crippen molar-refractivity contribution in [2.45, 2.75) is 44.9 Å². The van der Waals surface area contributed by atoms with E-state index in [1.54, 1.807) is 22.3 Å². The lowest BCUT2D eigenvalue weighted by Gasteiger charge is -2.31. The van der Waals surface area contributed by atoms with Crippen molar-refractivity contribution in [2.75, 3.05) is 26.2 Å². The van der Waals surface area contributed by atoms with Crippen LogP contribution >= 0.6 is 11.3 Å². The molecule has 0 bridgehead atoms. The predicted octanol–water partition coefficient (Wildman–Crippen LogP) is 2.66. The van der Waals surface area contributed by atoms with E-state index in [4.69, 9.17) is 10.3 Å². The molecule has 0 spiro atoms. The number of aryl methyl sites for hydroxylation is 1. The second-order valence-corrected chi connectivity index (χ2v) is 9.46. The molecule has 2 saturated heterocycles. The van der Waals surface area contributed by atoms with Crippen molar-refractivity contribution in [2.24, 2.45) is 11.7 Å². The van der Waals surface area contributed by atoms with Crippen LogP contribution in [-0.4, -0.2) is 58.9 Å². The molecule has 2 N–H and O–H groups in total. The molecular formula is C22H28N4O4S. The Morgan fingerprint density at radius 1 is 1.13 bits per heavy atom. The Morgan fingerprint density at radius 3 is 2.58 bits per heavy atom. The summed E-state index contributed by atoms with van der Waals surface area (Å²) in [6.07, 6.45) is 3.96. The van der Waals surface area contributed by atoms with Crippen molar-refractivity contribution in [3.8, 4) is 0 Å². The molecule has 3 amide bonds. The molecule has 0 unspecified atom stereocenters. The number of aromatic nitrogens is 1. The average molecular weight is 445 g/mol. The number of piperidine rings is 2. The maximum absolute atomic E-state index is 12.8. The summed E-state index contributed by atoms with van der Waals surface area (Å²) in [7, 11) is 0. The third-order valence-corrected chi connectivity index (χ3v) is 7.49. The Morgan fingerprint density at radius 2 is 1.90 bits per heavy atom. The molecule has 2 fully saturated rings. The van der Waals surface area contributed by atoms with E-state index in [-0.39, 0.29) is 35.3 Å². The van der Waals surface area contributed by atoms with Crippen molar-refractivity contribution in [3.05, 3.63) is 39.4 Å². The highest BCUT2D eigenvalue weighted by Crippen LogP contribution is 2.30. The quantitative estimate of drug-likeness (QED) is 0.762. The minimum Gasteiger partial charge on any atom is -0.369 e. The van der Waals surface area contributed by atoms with Gasteiger partial charge in [0.25, 0.3) is 11.8 Å². The molecule has 2 aliphatic rings. The topological polar surface area (TPSA) is 110 Å². The molecule has 1 atom stereocenters. The number of hydrogen-bond donors (Lipinski definition) is 1. The molecule has 0 radical (unpaired) electrons. The van der Waals surface area contributed by atoms with Crippen LogP contribution in [0.1, 0.15) is 69.3 Å². The van der Waals surface area contributed by atoms with Crippen LogP contribution in [0.15, 0.2) is 22.7 Å². The Kier molecular flexibility index (Phi) is 6.41. The van der Waals surface area contributed by atoms with Gasteiger partial charge in [-0.3, -0.25) is 14.4 Å². The third kappa shape index (κ3) is 4.66. The highest BCUT2D eigenvalue weighted by atomic mass is 32.1. The number of nitrogens with two attached hydrogens (primary N) is 1. The van der Waals surface area contributed by atoms with Crippen molar-refractivity contribution < 1.29 is 18.9 Å². The fourth-order valence-corrected chi connectivity index (χ4v) is 5.26. The molecular weight excluding hydrogens is 416 g/mol.